The maximum atomic E-state index is 13.6. The van der Waals surface area contributed by atoms with Gasteiger partial charge in [0.1, 0.15) is 18.4 Å². The van der Waals surface area contributed by atoms with Crippen molar-refractivity contribution in [2.45, 2.75) is 31.3 Å². The number of hydrogen-bond acceptors (Lipinski definition) is 4. The summed E-state index contributed by atoms with van der Waals surface area (Å²) in [7, 11) is -2.75. The predicted molar refractivity (Wildman–Crippen MR) is 138 cm³/mol. The molecule has 3 aromatic carbocycles. The van der Waals surface area contributed by atoms with Gasteiger partial charge in [-0.05, 0) is 67.9 Å². The lowest BCUT2D eigenvalue weighted by atomic mass is 10.1. The zero-order valence-corrected chi connectivity index (χ0v) is 21.7. The largest absolute Gasteiger partial charge is 0.357 e. The molecule has 3 aromatic rings. The maximum absolute atomic E-state index is 13.6. The second-order valence-corrected chi connectivity index (χ2v) is 10.5. The molecule has 0 heterocycles. The van der Waals surface area contributed by atoms with Gasteiger partial charge in [-0.2, -0.15) is 0 Å². The number of anilines is 1. The molecule has 1 atom stereocenters. The molecule has 1 N–H and O–H groups in total. The van der Waals surface area contributed by atoms with Gasteiger partial charge in [0.25, 0.3) is 10.0 Å². The number of aryl methyl sites for hydroxylation is 1. The highest BCUT2D eigenvalue weighted by Gasteiger charge is 2.32. The summed E-state index contributed by atoms with van der Waals surface area (Å²) in [6.45, 7) is 2.79. The van der Waals surface area contributed by atoms with Crippen molar-refractivity contribution < 1.29 is 22.4 Å². The van der Waals surface area contributed by atoms with E-state index in [0.717, 1.165) is 22.0 Å². The Morgan fingerprint density at radius 1 is 1.03 bits per heavy atom. The van der Waals surface area contributed by atoms with Crippen LogP contribution in [0.1, 0.15) is 18.1 Å². The van der Waals surface area contributed by atoms with Gasteiger partial charge in [0, 0.05) is 18.6 Å². The highest BCUT2D eigenvalue weighted by atomic mass is 35.5. The number of sulfonamides is 1. The lowest BCUT2D eigenvalue weighted by Crippen LogP contribution is -2.50. The smallest absolute Gasteiger partial charge is 0.264 e. The SMILES string of the molecule is CNC(=O)C(C)N(Cc1cccc(Cl)c1)C(=O)CN(c1ccc(F)cc1)S(=O)(=O)c1ccc(C)cc1. The molecule has 3 rings (SSSR count). The molecule has 0 saturated carbocycles. The summed E-state index contributed by atoms with van der Waals surface area (Å²) in [6.07, 6.45) is 0. The van der Waals surface area contributed by atoms with Gasteiger partial charge < -0.3 is 10.2 Å². The van der Waals surface area contributed by atoms with Crippen LogP contribution in [-0.2, 0) is 26.2 Å². The predicted octanol–water partition coefficient (Wildman–Crippen LogP) is 4.15. The third-order valence-corrected chi connectivity index (χ3v) is 7.68. The third kappa shape index (κ3) is 6.41. The monoisotopic (exact) mass is 531 g/mol. The Kier molecular flexibility index (Phi) is 8.70. The van der Waals surface area contributed by atoms with E-state index < -0.39 is 40.2 Å². The first-order chi connectivity index (χ1) is 17.0. The molecule has 0 bridgehead atoms. The second-order valence-electron chi connectivity index (χ2n) is 8.24. The summed E-state index contributed by atoms with van der Waals surface area (Å²) in [5.41, 5.74) is 1.65. The quantitative estimate of drug-likeness (QED) is 0.449. The molecule has 0 fully saturated rings. The molecule has 10 heteroatoms. The van der Waals surface area contributed by atoms with Gasteiger partial charge in [0.2, 0.25) is 11.8 Å². The van der Waals surface area contributed by atoms with Gasteiger partial charge in [-0.3, -0.25) is 13.9 Å². The fraction of sp³-hybridized carbons (Fsp3) is 0.231. The fourth-order valence-electron chi connectivity index (χ4n) is 3.60. The third-order valence-electron chi connectivity index (χ3n) is 5.66. The van der Waals surface area contributed by atoms with Crippen molar-refractivity contribution in [2.75, 3.05) is 17.9 Å². The van der Waals surface area contributed by atoms with Crippen molar-refractivity contribution in [3.63, 3.8) is 0 Å². The molecule has 36 heavy (non-hydrogen) atoms. The Morgan fingerprint density at radius 2 is 1.67 bits per heavy atom. The van der Waals surface area contributed by atoms with Crippen molar-refractivity contribution >= 4 is 39.1 Å². The standard InChI is InChI=1S/C26H27ClFN3O4S/c1-18-7-13-24(14-8-18)36(34,35)31(23-11-9-22(28)10-12-23)17-25(32)30(19(2)26(33)29-3)16-20-5-4-6-21(27)15-20/h4-15,19H,16-17H2,1-3H3,(H,29,33). The van der Waals surface area contributed by atoms with Crippen LogP contribution < -0.4 is 9.62 Å². The minimum Gasteiger partial charge on any atom is -0.357 e. The lowest BCUT2D eigenvalue weighted by Gasteiger charge is -2.31. The fourth-order valence-corrected chi connectivity index (χ4v) is 5.22. The molecule has 7 nitrogen and oxygen atoms in total. The zero-order chi connectivity index (χ0) is 26.5. The molecule has 0 spiro atoms. The van der Waals surface area contributed by atoms with E-state index in [4.69, 9.17) is 11.6 Å². The average molecular weight is 532 g/mol. The molecule has 190 valence electrons. The van der Waals surface area contributed by atoms with Gasteiger partial charge in [-0.15, -0.1) is 0 Å². The summed E-state index contributed by atoms with van der Waals surface area (Å²) < 4.78 is 41.8. The van der Waals surface area contributed by atoms with E-state index >= 15 is 0 Å². The normalized spacial score (nSPS) is 12.0. The minimum absolute atomic E-state index is 0.0223. The number of nitrogens with zero attached hydrogens (tertiary/aromatic N) is 2. The van der Waals surface area contributed by atoms with Crippen molar-refractivity contribution in [3.8, 4) is 0 Å². The highest BCUT2D eigenvalue weighted by molar-refractivity contribution is 7.92. The number of nitrogens with one attached hydrogen (secondary N) is 1. The van der Waals surface area contributed by atoms with E-state index in [2.05, 4.69) is 5.32 Å². The van der Waals surface area contributed by atoms with Gasteiger partial charge in [-0.1, -0.05) is 41.4 Å². The van der Waals surface area contributed by atoms with Crippen molar-refractivity contribution in [3.05, 3.63) is 94.8 Å². The summed E-state index contributed by atoms with van der Waals surface area (Å²) in [4.78, 5) is 27.3. The minimum atomic E-state index is -4.20. The van der Waals surface area contributed by atoms with Crippen LogP contribution in [0, 0.1) is 12.7 Å². The Hall–Kier alpha value is -3.43. The van der Waals surface area contributed by atoms with E-state index in [0.29, 0.717) is 10.6 Å². The van der Waals surface area contributed by atoms with Crippen LogP contribution in [0.5, 0.6) is 0 Å². The molecular formula is C26H27ClFN3O4S. The first kappa shape index (κ1) is 27.2. The molecule has 0 aromatic heterocycles. The molecule has 2 amide bonds. The van der Waals surface area contributed by atoms with Gasteiger partial charge in [0.15, 0.2) is 0 Å². The summed E-state index contributed by atoms with van der Waals surface area (Å²) in [6, 6.07) is 16.9. The molecule has 0 aliphatic heterocycles. The maximum Gasteiger partial charge on any atom is 0.264 e. The molecule has 0 saturated heterocycles. The molecule has 0 radical (unpaired) electrons. The average Bonchev–Trinajstić information content (AvgIpc) is 2.85. The second kappa shape index (κ2) is 11.5. The first-order valence-electron chi connectivity index (χ1n) is 11.1. The molecule has 0 aliphatic rings. The lowest BCUT2D eigenvalue weighted by molar-refractivity contribution is -0.139. The van der Waals surface area contributed by atoms with E-state index in [1.54, 1.807) is 43.3 Å². The number of amides is 2. The van der Waals surface area contributed by atoms with Crippen LogP contribution in [-0.4, -0.2) is 44.8 Å². The number of rotatable bonds is 9. The number of likely N-dealkylation sites (N-methyl/N-ethyl adjacent to an activating group) is 1. The zero-order valence-electron chi connectivity index (χ0n) is 20.1. The number of benzene rings is 3. The number of hydrogen-bond donors (Lipinski definition) is 1. The van der Waals surface area contributed by atoms with Crippen molar-refractivity contribution in [1.82, 2.24) is 10.2 Å². The van der Waals surface area contributed by atoms with Crippen LogP contribution >= 0.6 is 11.6 Å². The Bertz CT molecular complexity index is 1330. The number of carbonyl (C=O) groups excluding carboxylic acids is 2. The van der Waals surface area contributed by atoms with E-state index in [1.807, 2.05) is 6.92 Å². The van der Waals surface area contributed by atoms with E-state index in [9.17, 15) is 22.4 Å². The van der Waals surface area contributed by atoms with Crippen molar-refractivity contribution in [2.24, 2.45) is 0 Å². The Morgan fingerprint density at radius 3 is 2.25 bits per heavy atom. The summed E-state index contributed by atoms with van der Waals surface area (Å²) >= 11 is 6.09. The first-order valence-corrected chi connectivity index (χ1v) is 12.9. The Balaban J connectivity index is 2.02. The Labute approximate surface area is 215 Å². The number of halogens is 2. The van der Waals surface area contributed by atoms with Crippen molar-refractivity contribution in [1.29, 1.82) is 0 Å². The van der Waals surface area contributed by atoms with Crippen LogP contribution in [0.3, 0.4) is 0 Å². The molecule has 1 unspecified atom stereocenters. The van der Waals surface area contributed by atoms with Crippen LogP contribution in [0.15, 0.2) is 77.7 Å². The van der Waals surface area contributed by atoms with Gasteiger partial charge in [-0.25, -0.2) is 12.8 Å². The van der Waals surface area contributed by atoms with Crippen LogP contribution in [0.2, 0.25) is 5.02 Å². The molecule has 0 aliphatic carbocycles. The van der Waals surface area contributed by atoms with Crippen LogP contribution in [0.4, 0.5) is 10.1 Å². The topological polar surface area (TPSA) is 86.8 Å². The summed E-state index contributed by atoms with van der Waals surface area (Å²) in [5.74, 6) is -1.58. The van der Waals surface area contributed by atoms with Gasteiger partial charge >= 0.3 is 0 Å². The highest BCUT2D eigenvalue weighted by Crippen LogP contribution is 2.25. The number of carbonyl (C=O) groups is 2. The summed E-state index contributed by atoms with van der Waals surface area (Å²) in [5, 5.41) is 2.98. The molecular weight excluding hydrogens is 505 g/mol. The van der Waals surface area contributed by atoms with Gasteiger partial charge in [0.05, 0.1) is 10.6 Å². The van der Waals surface area contributed by atoms with Crippen LogP contribution in [0.25, 0.3) is 0 Å². The van der Waals surface area contributed by atoms with E-state index in [-0.39, 0.29) is 17.1 Å². The van der Waals surface area contributed by atoms with E-state index in [1.165, 1.54) is 36.2 Å².